The molecule has 3 aromatic carbocycles. The van der Waals surface area contributed by atoms with Gasteiger partial charge in [0.05, 0.1) is 6.61 Å². The number of carbonyl (C=O) groups is 2. The van der Waals surface area contributed by atoms with Crippen LogP contribution in [0.4, 0.5) is 18.9 Å². The molecular weight excluding hydrogens is 507 g/mol. The van der Waals surface area contributed by atoms with Crippen molar-refractivity contribution in [2.24, 2.45) is 0 Å². The number of carbonyl (C=O) groups excluding carboxylic acids is 2. The first-order chi connectivity index (χ1) is 18.7. The number of hydrogen-bond acceptors (Lipinski definition) is 4. The Labute approximate surface area is 226 Å². The molecule has 4 rings (SSSR count). The SMILES string of the molecule is CCOc1cccc(-c2ccccc2CCC(=O)N2CCN(c3ccc(C(=O)NCC(F)(F)F)cc3)CC2)c1. The number of anilines is 1. The number of nitrogens with zero attached hydrogens (tertiary/aromatic N) is 2. The molecule has 6 nitrogen and oxygen atoms in total. The van der Waals surface area contributed by atoms with Crippen molar-refractivity contribution in [1.82, 2.24) is 10.2 Å². The first kappa shape index (κ1) is 28.0. The number of rotatable bonds is 9. The quantitative estimate of drug-likeness (QED) is 0.400. The molecule has 1 N–H and O–H groups in total. The highest BCUT2D eigenvalue weighted by Crippen LogP contribution is 2.28. The second-order valence-corrected chi connectivity index (χ2v) is 9.33. The molecule has 39 heavy (non-hydrogen) atoms. The summed E-state index contributed by atoms with van der Waals surface area (Å²) in [4.78, 5) is 28.9. The molecule has 0 atom stereocenters. The normalized spacial score (nSPS) is 13.7. The third-order valence-corrected chi connectivity index (χ3v) is 6.66. The van der Waals surface area contributed by atoms with Crippen molar-refractivity contribution < 1.29 is 27.5 Å². The van der Waals surface area contributed by atoms with Crippen molar-refractivity contribution in [1.29, 1.82) is 0 Å². The number of ether oxygens (including phenoxy) is 1. The van der Waals surface area contributed by atoms with E-state index in [-0.39, 0.29) is 11.5 Å². The number of halogens is 3. The van der Waals surface area contributed by atoms with E-state index < -0.39 is 18.6 Å². The van der Waals surface area contributed by atoms with Crippen LogP contribution in [0.25, 0.3) is 11.1 Å². The summed E-state index contributed by atoms with van der Waals surface area (Å²) in [6, 6.07) is 22.5. The fourth-order valence-corrected chi connectivity index (χ4v) is 4.66. The minimum atomic E-state index is -4.45. The van der Waals surface area contributed by atoms with Crippen molar-refractivity contribution in [2.75, 3.05) is 44.2 Å². The van der Waals surface area contributed by atoms with Crippen molar-refractivity contribution in [3.05, 3.63) is 83.9 Å². The summed E-state index contributed by atoms with van der Waals surface area (Å²) in [5.41, 5.74) is 4.28. The molecule has 0 aliphatic carbocycles. The lowest BCUT2D eigenvalue weighted by molar-refractivity contribution is -0.131. The minimum Gasteiger partial charge on any atom is -0.494 e. The van der Waals surface area contributed by atoms with E-state index in [4.69, 9.17) is 4.74 Å². The summed E-state index contributed by atoms with van der Waals surface area (Å²) in [6.07, 6.45) is -3.42. The van der Waals surface area contributed by atoms with Crippen LogP contribution in [-0.4, -0.2) is 62.2 Å². The van der Waals surface area contributed by atoms with E-state index in [1.807, 2.05) is 53.5 Å². The van der Waals surface area contributed by atoms with Crippen LogP contribution in [0.3, 0.4) is 0 Å². The lowest BCUT2D eigenvalue weighted by Crippen LogP contribution is -2.48. The van der Waals surface area contributed by atoms with E-state index in [0.717, 1.165) is 28.1 Å². The Morgan fingerprint density at radius 1 is 0.923 bits per heavy atom. The third-order valence-electron chi connectivity index (χ3n) is 6.66. The maximum absolute atomic E-state index is 13.0. The lowest BCUT2D eigenvalue weighted by atomic mass is 9.96. The molecule has 0 aromatic heterocycles. The standard InChI is InChI=1S/C30H32F3N3O3/c1-2-39-26-8-5-7-24(20-26)27-9-4-3-6-22(27)12-15-28(37)36-18-16-35(17-19-36)25-13-10-23(11-14-25)29(38)34-21-30(31,32)33/h3-11,13-14,20H,2,12,15-19,21H2,1H3,(H,34,38). The summed E-state index contributed by atoms with van der Waals surface area (Å²) in [6.45, 7) is 3.60. The summed E-state index contributed by atoms with van der Waals surface area (Å²) in [7, 11) is 0. The highest BCUT2D eigenvalue weighted by Gasteiger charge is 2.28. The highest BCUT2D eigenvalue weighted by atomic mass is 19.4. The van der Waals surface area contributed by atoms with Gasteiger partial charge in [-0.3, -0.25) is 9.59 Å². The molecule has 206 valence electrons. The predicted molar refractivity (Wildman–Crippen MR) is 145 cm³/mol. The van der Waals surface area contributed by atoms with Gasteiger partial charge in [-0.25, -0.2) is 0 Å². The second kappa shape index (κ2) is 12.7. The van der Waals surface area contributed by atoms with Gasteiger partial charge < -0.3 is 19.9 Å². The maximum atomic E-state index is 13.0. The van der Waals surface area contributed by atoms with E-state index in [1.54, 1.807) is 12.1 Å². The van der Waals surface area contributed by atoms with Crippen LogP contribution >= 0.6 is 0 Å². The summed E-state index contributed by atoms with van der Waals surface area (Å²) >= 11 is 0. The van der Waals surface area contributed by atoms with Gasteiger partial charge in [-0.2, -0.15) is 13.2 Å². The molecule has 0 spiro atoms. The van der Waals surface area contributed by atoms with Crippen LogP contribution in [-0.2, 0) is 11.2 Å². The molecule has 3 aromatic rings. The number of alkyl halides is 3. The minimum absolute atomic E-state index is 0.101. The molecule has 1 aliphatic rings. The molecule has 1 saturated heterocycles. The zero-order chi connectivity index (χ0) is 27.8. The molecule has 0 bridgehead atoms. The van der Waals surface area contributed by atoms with E-state index in [0.29, 0.717) is 45.6 Å². The van der Waals surface area contributed by atoms with Crippen LogP contribution in [0, 0.1) is 0 Å². The molecule has 0 unspecified atom stereocenters. The number of aryl methyl sites for hydroxylation is 1. The van der Waals surface area contributed by atoms with Gasteiger partial charge in [0.2, 0.25) is 5.91 Å². The third kappa shape index (κ3) is 7.75. The van der Waals surface area contributed by atoms with Gasteiger partial charge in [0.1, 0.15) is 12.3 Å². The van der Waals surface area contributed by atoms with Crippen LogP contribution in [0.5, 0.6) is 5.75 Å². The fraction of sp³-hybridized carbons (Fsp3) is 0.333. The van der Waals surface area contributed by atoms with Crippen molar-refractivity contribution in [2.45, 2.75) is 25.9 Å². The Balaban J connectivity index is 1.29. The van der Waals surface area contributed by atoms with E-state index in [2.05, 4.69) is 17.0 Å². The molecule has 1 fully saturated rings. The molecule has 9 heteroatoms. The fourth-order valence-electron chi connectivity index (χ4n) is 4.66. The van der Waals surface area contributed by atoms with Gasteiger partial charge >= 0.3 is 6.18 Å². The first-order valence-corrected chi connectivity index (χ1v) is 13.0. The number of hydrogen-bond donors (Lipinski definition) is 1. The summed E-state index contributed by atoms with van der Waals surface area (Å²) < 4.78 is 42.6. The van der Waals surface area contributed by atoms with Crippen LogP contribution in [0.1, 0.15) is 29.3 Å². The van der Waals surface area contributed by atoms with Crippen molar-refractivity contribution in [3.63, 3.8) is 0 Å². The molecule has 1 aliphatic heterocycles. The van der Waals surface area contributed by atoms with Crippen LogP contribution in [0.15, 0.2) is 72.8 Å². The van der Waals surface area contributed by atoms with Gasteiger partial charge in [0, 0.05) is 43.9 Å². The number of nitrogens with one attached hydrogen (secondary N) is 1. The summed E-state index contributed by atoms with van der Waals surface area (Å²) in [5.74, 6) is 0.153. The van der Waals surface area contributed by atoms with Gasteiger partial charge in [0.25, 0.3) is 5.91 Å². The lowest BCUT2D eigenvalue weighted by Gasteiger charge is -2.36. The Bertz CT molecular complexity index is 1270. The van der Waals surface area contributed by atoms with Crippen LogP contribution in [0.2, 0.25) is 0 Å². The summed E-state index contributed by atoms with van der Waals surface area (Å²) in [5, 5.41) is 1.87. The second-order valence-electron chi connectivity index (χ2n) is 9.33. The van der Waals surface area contributed by atoms with Crippen molar-refractivity contribution >= 4 is 17.5 Å². The molecular formula is C30H32F3N3O3. The maximum Gasteiger partial charge on any atom is 0.405 e. The number of amides is 2. The smallest absolute Gasteiger partial charge is 0.405 e. The average Bonchev–Trinajstić information content (AvgIpc) is 2.95. The number of benzene rings is 3. The Morgan fingerprint density at radius 2 is 1.64 bits per heavy atom. The van der Waals surface area contributed by atoms with E-state index in [1.165, 1.54) is 12.1 Å². The van der Waals surface area contributed by atoms with Gasteiger partial charge in [-0.1, -0.05) is 36.4 Å². The van der Waals surface area contributed by atoms with E-state index >= 15 is 0 Å². The molecule has 1 heterocycles. The highest BCUT2D eigenvalue weighted by molar-refractivity contribution is 5.94. The van der Waals surface area contributed by atoms with Gasteiger partial charge in [-0.05, 0) is 66.4 Å². The van der Waals surface area contributed by atoms with E-state index in [9.17, 15) is 22.8 Å². The first-order valence-electron chi connectivity index (χ1n) is 13.0. The van der Waals surface area contributed by atoms with Crippen molar-refractivity contribution in [3.8, 4) is 16.9 Å². The van der Waals surface area contributed by atoms with Gasteiger partial charge in [-0.15, -0.1) is 0 Å². The number of piperazine rings is 1. The largest absolute Gasteiger partial charge is 0.494 e. The zero-order valence-electron chi connectivity index (χ0n) is 21.8. The molecule has 0 saturated carbocycles. The monoisotopic (exact) mass is 539 g/mol. The predicted octanol–water partition coefficient (Wildman–Crippen LogP) is 5.33. The molecule has 0 radical (unpaired) electrons. The zero-order valence-corrected chi connectivity index (χ0v) is 21.8. The van der Waals surface area contributed by atoms with Gasteiger partial charge in [0.15, 0.2) is 0 Å². The average molecular weight is 540 g/mol. The Hall–Kier alpha value is -4.01. The Morgan fingerprint density at radius 3 is 2.33 bits per heavy atom. The Kier molecular flexibility index (Phi) is 9.11. The van der Waals surface area contributed by atoms with Crippen LogP contribution < -0.4 is 15.0 Å². The molecule has 2 amide bonds. The topological polar surface area (TPSA) is 61.9 Å².